The maximum absolute atomic E-state index is 3.59. The van der Waals surface area contributed by atoms with Crippen LogP contribution >= 0.6 is 0 Å². The van der Waals surface area contributed by atoms with Crippen molar-refractivity contribution in [3.05, 3.63) is 0 Å². The highest BCUT2D eigenvalue weighted by atomic mass is 15.1. The molecular formula is C15H30N2. The SMILES string of the molecule is CC1CCN(CC2(C)CCCCC2)CCCN1. The lowest BCUT2D eigenvalue weighted by Gasteiger charge is -2.39. The van der Waals surface area contributed by atoms with E-state index in [0.29, 0.717) is 11.5 Å². The summed E-state index contributed by atoms with van der Waals surface area (Å²) in [5, 5.41) is 3.59. The summed E-state index contributed by atoms with van der Waals surface area (Å²) in [6.07, 6.45) is 9.94. The largest absolute Gasteiger partial charge is 0.314 e. The normalized spacial score (nSPS) is 31.8. The van der Waals surface area contributed by atoms with E-state index in [0.717, 1.165) is 0 Å². The van der Waals surface area contributed by atoms with E-state index in [9.17, 15) is 0 Å². The third kappa shape index (κ3) is 4.26. The Hall–Kier alpha value is -0.0800. The van der Waals surface area contributed by atoms with Crippen LogP contribution in [0.15, 0.2) is 0 Å². The van der Waals surface area contributed by atoms with Gasteiger partial charge in [-0.15, -0.1) is 0 Å². The van der Waals surface area contributed by atoms with Gasteiger partial charge in [-0.3, -0.25) is 0 Å². The molecule has 1 aliphatic heterocycles. The molecule has 0 amide bonds. The smallest absolute Gasteiger partial charge is 0.00509 e. The van der Waals surface area contributed by atoms with E-state index in [1.165, 1.54) is 71.1 Å². The van der Waals surface area contributed by atoms with Gasteiger partial charge in [0.25, 0.3) is 0 Å². The summed E-state index contributed by atoms with van der Waals surface area (Å²) in [6.45, 7) is 9.99. The van der Waals surface area contributed by atoms with Gasteiger partial charge in [0, 0.05) is 12.6 Å². The molecule has 2 rings (SSSR count). The molecule has 1 saturated heterocycles. The fourth-order valence-electron chi connectivity index (χ4n) is 3.50. The molecule has 2 heteroatoms. The Labute approximate surface area is 107 Å². The molecule has 1 aliphatic carbocycles. The van der Waals surface area contributed by atoms with Crippen molar-refractivity contribution in [2.24, 2.45) is 5.41 Å². The van der Waals surface area contributed by atoms with Crippen LogP contribution in [0.2, 0.25) is 0 Å². The van der Waals surface area contributed by atoms with Gasteiger partial charge in [-0.2, -0.15) is 0 Å². The monoisotopic (exact) mass is 238 g/mol. The molecule has 2 fully saturated rings. The summed E-state index contributed by atoms with van der Waals surface area (Å²) in [6, 6.07) is 0.706. The van der Waals surface area contributed by atoms with Crippen LogP contribution in [-0.2, 0) is 0 Å². The van der Waals surface area contributed by atoms with Crippen LogP contribution in [0.25, 0.3) is 0 Å². The van der Waals surface area contributed by atoms with Gasteiger partial charge in [0.05, 0.1) is 0 Å². The lowest BCUT2D eigenvalue weighted by molar-refractivity contribution is 0.112. The highest BCUT2D eigenvalue weighted by Crippen LogP contribution is 2.36. The second kappa shape index (κ2) is 6.19. The van der Waals surface area contributed by atoms with Gasteiger partial charge >= 0.3 is 0 Å². The summed E-state index contributed by atoms with van der Waals surface area (Å²) in [5.74, 6) is 0. The van der Waals surface area contributed by atoms with Crippen molar-refractivity contribution in [1.82, 2.24) is 10.2 Å². The molecule has 1 atom stereocenters. The average molecular weight is 238 g/mol. The molecule has 0 bridgehead atoms. The van der Waals surface area contributed by atoms with E-state index in [4.69, 9.17) is 0 Å². The van der Waals surface area contributed by atoms with Crippen molar-refractivity contribution in [2.75, 3.05) is 26.2 Å². The predicted molar refractivity (Wildman–Crippen MR) is 74.3 cm³/mol. The molecule has 1 unspecified atom stereocenters. The Morgan fingerprint density at radius 3 is 2.65 bits per heavy atom. The minimum absolute atomic E-state index is 0.619. The van der Waals surface area contributed by atoms with Crippen LogP contribution in [0, 0.1) is 5.41 Å². The van der Waals surface area contributed by atoms with Gasteiger partial charge in [-0.1, -0.05) is 26.2 Å². The molecule has 0 spiro atoms. The molecule has 1 saturated carbocycles. The summed E-state index contributed by atoms with van der Waals surface area (Å²) < 4.78 is 0. The van der Waals surface area contributed by atoms with E-state index in [1.807, 2.05) is 0 Å². The zero-order valence-corrected chi connectivity index (χ0v) is 11.8. The summed E-state index contributed by atoms with van der Waals surface area (Å²) in [4.78, 5) is 2.74. The Balaban J connectivity index is 1.83. The zero-order valence-electron chi connectivity index (χ0n) is 11.8. The molecule has 0 aromatic heterocycles. The predicted octanol–water partition coefficient (Wildman–Crippen LogP) is 3.03. The first kappa shape index (κ1) is 13.4. The molecule has 0 radical (unpaired) electrons. The summed E-state index contributed by atoms with van der Waals surface area (Å²) >= 11 is 0. The summed E-state index contributed by atoms with van der Waals surface area (Å²) in [7, 11) is 0. The number of hydrogen-bond acceptors (Lipinski definition) is 2. The van der Waals surface area contributed by atoms with E-state index in [-0.39, 0.29) is 0 Å². The maximum atomic E-state index is 3.59. The third-order valence-electron chi connectivity index (χ3n) is 4.69. The van der Waals surface area contributed by atoms with E-state index >= 15 is 0 Å². The zero-order chi connectivity index (χ0) is 12.1. The van der Waals surface area contributed by atoms with Crippen LogP contribution in [0.1, 0.15) is 58.8 Å². The molecular weight excluding hydrogens is 208 g/mol. The van der Waals surface area contributed by atoms with Crippen LogP contribution in [-0.4, -0.2) is 37.1 Å². The Morgan fingerprint density at radius 1 is 1.12 bits per heavy atom. The van der Waals surface area contributed by atoms with Crippen molar-refractivity contribution in [3.8, 4) is 0 Å². The van der Waals surface area contributed by atoms with Gasteiger partial charge < -0.3 is 10.2 Å². The van der Waals surface area contributed by atoms with Crippen molar-refractivity contribution in [2.45, 2.75) is 64.8 Å². The van der Waals surface area contributed by atoms with Crippen LogP contribution in [0.4, 0.5) is 0 Å². The Morgan fingerprint density at radius 2 is 1.88 bits per heavy atom. The fraction of sp³-hybridized carbons (Fsp3) is 1.00. The second-order valence-electron chi connectivity index (χ2n) is 6.64. The Kier molecular flexibility index (Phi) is 4.87. The van der Waals surface area contributed by atoms with Gasteiger partial charge in [0.1, 0.15) is 0 Å². The van der Waals surface area contributed by atoms with Crippen molar-refractivity contribution in [1.29, 1.82) is 0 Å². The van der Waals surface area contributed by atoms with E-state index in [2.05, 4.69) is 24.1 Å². The minimum Gasteiger partial charge on any atom is -0.314 e. The lowest BCUT2D eigenvalue weighted by Crippen LogP contribution is -2.43. The number of rotatable bonds is 2. The van der Waals surface area contributed by atoms with Gasteiger partial charge in [-0.05, 0) is 57.7 Å². The third-order valence-corrected chi connectivity index (χ3v) is 4.69. The molecule has 0 aromatic carbocycles. The molecule has 100 valence electrons. The van der Waals surface area contributed by atoms with Crippen LogP contribution < -0.4 is 5.32 Å². The quantitative estimate of drug-likeness (QED) is 0.795. The highest BCUT2D eigenvalue weighted by Gasteiger charge is 2.29. The van der Waals surface area contributed by atoms with Gasteiger partial charge in [0.15, 0.2) is 0 Å². The number of nitrogens with zero attached hydrogens (tertiary/aromatic N) is 1. The maximum Gasteiger partial charge on any atom is 0.00509 e. The number of nitrogens with one attached hydrogen (secondary N) is 1. The van der Waals surface area contributed by atoms with Gasteiger partial charge in [-0.25, -0.2) is 0 Å². The molecule has 17 heavy (non-hydrogen) atoms. The number of hydrogen-bond donors (Lipinski definition) is 1. The first-order valence-electron chi connectivity index (χ1n) is 7.64. The molecule has 2 aliphatic rings. The minimum atomic E-state index is 0.619. The standard InChI is InChI=1S/C15H30N2/c1-14-7-12-17(11-6-10-16-14)13-15(2)8-4-3-5-9-15/h14,16H,3-13H2,1-2H3. The van der Waals surface area contributed by atoms with E-state index < -0.39 is 0 Å². The molecule has 0 aromatic rings. The lowest BCUT2D eigenvalue weighted by atomic mass is 9.75. The second-order valence-corrected chi connectivity index (χ2v) is 6.64. The molecule has 2 nitrogen and oxygen atoms in total. The van der Waals surface area contributed by atoms with Crippen molar-refractivity contribution >= 4 is 0 Å². The Bertz CT molecular complexity index is 221. The van der Waals surface area contributed by atoms with Crippen LogP contribution in [0.3, 0.4) is 0 Å². The van der Waals surface area contributed by atoms with Gasteiger partial charge in [0.2, 0.25) is 0 Å². The first-order valence-corrected chi connectivity index (χ1v) is 7.64. The fourth-order valence-corrected chi connectivity index (χ4v) is 3.50. The molecule has 1 heterocycles. The van der Waals surface area contributed by atoms with Crippen LogP contribution in [0.5, 0.6) is 0 Å². The summed E-state index contributed by atoms with van der Waals surface area (Å²) in [5.41, 5.74) is 0.619. The van der Waals surface area contributed by atoms with Crippen molar-refractivity contribution < 1.29 is 0 Å². The average Bonchev–Trinajstić information content (AvgIpc) is 2.29. The van der Waals surface area contributed by atoms with E-state index in [1.54, 1.807) is 0 Å². The van der Waals surface area contributed by atoms with Crippen molar-refractivity contribution in [3.63, 3.8) is 0 Å². The topological polar surface area (TPSA) is 15.3 Å². The highest BCUT2D eigenvalue weighted by molar-refractivity contribution is 4.83. The first-order chi connectivity index (χ1) is 8.18. The molecule has 1 N–H and O–H groups in total.